The van der Waals surface area contributed by atoms with Crippen molar-refractivity contribution in [2.75, 3.05) is 13.2 Å². The molecule has 2 aromatic rings. The Hall–Kier alpha value is -1.78. The topological polar surface area (TPSA) is 111 Å². The summed E-state index contributed by atoms with van der Waals surface area (Å²) in [4.78, 5) is 4.20. The van der Waals surface area contributed by atoms with Gasteiger partial charge in [-0.2, -0.15) is 0 Å². The maximum Gasteiger partial charge on any atom is 0.241 e. The Bertz CT molecular complexity index is 925. The van der Waals surface area contributed by atoms with E-state index in [-0.39, 0.29) is 18.1 Å². The Morgan fingerprint density at radius 1 is 1.19 bits per heavy atom. The van der Waals surface area contributed by atoms with E-state index in [0.29, 0.717) is 22.8 Å². The highest BCUT2D eigenvalue weighted by atomic mass is 32.2. The molecular formula is C17H20N2O6S. The van der Waals surface area contributed by atoms with Crippen LogP contribution in [-0.4, -0.2) is 56.1 Å². The Balaban J connectivity index is 1.61. The summed E-state index contributed by atoms with van der Waals surface area (Å²) < 4.78 is 45.0. The van der Waals surface area contributed by atoms with E-state index in [1.165, 1.54) is 0 Å². The van der Waals surface area contributed by atoms with Crippen LogP contribution in [0, 0.1) is 13.8 Å². The van der Waals surface area contributed by atoms with E-state index in [1.807, 2.05) is 0 Å². The van der Waals surface area contributed by atoms with E-state index in [1.54, 1.807) is 38.2 Å². The molecule has 4 rings (SSSR count). The number of aromatic nitrogens is 1. The van der Waals surface area contributed by atoms with Crippen LogP contribution in [0.25, 0.3) is 11.3 Å². The number of aliphatic hydroxyl groups excluding tert-OH is 1. The quantitative estimate of drug-likeness (QED) is 0.806. The van der Waals surface area contributed by atoms with Crippen LogP contribution in [-0.2, 0) is 19.5 Å². The average molecular weight is 380 g/mol. The van der Waals surface area contributed by atoms with Crippen LogP contribution in [0.5, 0.6) is 0 Å². The van der Waals surface area contributed by atoms with Gasteiger partial charge in [0, 0.05) is 12.5 Å². The highest BCUT2D eigenvalue weighted by Gasteiger charge is 2.48. The molecular weight excluding hydrogens is 360 g/mol. The Labute approximate surface area is 151 Å². The third kappa shape index (κ3) is 3.06. The van der Waals surface area contributed by atoms with E-state index < -0.39 is 34.4 Å². The van der Waals surface area contributed by atoms with Gasteiger partial charge in [0.05, 0.1) is 30.3 Å². The van der Waals surface area contributed by atoms with Crippen LogP contribution in [0.15, 0.2) is 33.7 Å². The van der Waals surface area contributed by atoms with Crippen molar-refractivity contribution in [2.45, 2.75) is 43.1 Å². The van der Waals surface area contributed by atoms with Crippen LogP contribution >= 0.6 is 0 Å². The largest absolute Gasteiger partial charge is 0.441 e. The number of rotatable bonds is 4. The summed E-state index contributed by atoms with van der Waals surface area (Å²) in [6.07, 6.45) is -0.144. The smallest absolute Gasteiger partial charge is 0.241 e. The third-order valence-corrected chi connectivity index (χ3v) is 6.35. The molecule has 1 aromatic carbocycles. The fraction of sp³-hybridized carbons (Fsp3) is 0.471. The molecule has 0 saturated carbocycles. The molecule has 140 valence electrons. The summed E-state index contributed by atoms with van der Waals surface area (Å²) in [5, 5.41) is 9.80. The van der Waals surface area contributed by atoms with Gasteiger partial charge in [0.1, 0.15) is 18.3 Å². The Morgan fingerprint density at radius 2 is 1.96 bits per heavy atom. The predicted molar refractivity (Wildman–Crippen MR) is 91.0 cm³/mol. The summed E-state index contributed by atoms with van der Waals surface area (Å²) in [5.41, 5.74) is 1.24. The summed E-state index contributed by atoms with van der Waals surface area (Å²) in [6, 6.07) is 4.54. The van der Waals surface area contributed by atoms with E-state index >= 15 is 0 Å². The van der Waals surface area contributed by atoms with Gasteiger partial charge in [-0.05, 0) is 18.6 Å². The van der Waals surface area contributed by atoms with Crippen molar-refractivity contribution in [2.24, 2.45) is 0 Å². The van der Waals surface area contributed by atoms with Gasteiger partial charge in [-0.15, -0.1) is 0 Å². The second-order valence-electron chi connectivity index (χ2n) is 6.61. The molecule has 3 heterocycles. The predicted octanol–water partition coefficient (Wildman–Crippen LogP) is 0.764. The molecule has 8 nitrogen and oxygen atoms in total. The van der Waals surface area contributed by atoms with Gasteiger partial charge in [-0.3, -0.25) is 0 Å². The van der Waals surface area contributed by atoms with Gasteiger partial charge >= 0.3 is 0 Å². The van der Waals surface area contributed by atoms with Crippen molar-refractivity contribution in [3.8, 4) is 11.3 Å². The van der Waals surface area contributed by atoms with Crippen LogP contribution in [0.4, 0.5) is 0 Å². The maximum atomic E-state index is 12.9. The normalized spacial score (nSPS) is 28.4. The minimum atomic E-state index is -3.81. The van der Waals surface area contributed by atoms with Gasteiger partial charge < -0.3 is 19.0 Å². The average Bonchev–Trinajstić information content (AvgIpc) is 3.28. The zero-order valence-electron chi connectivity index (χ0n) is 14.4. The number of sulfonamides is 1. The lowest BCUT2D eigenvalue weighted by molar-refractivity contribution is 0.0181. The monoisotopic (exact) mass is 380 g/mol. The van der Waals surface area contributed by atoms with Crippen molar-refractivity contribution in [1.29, 1.82) is 0 Å². The molecule has 2 N–H and O–H groups in total. The minimum Gasteiger partial charge on any atom is -0.441 e. The number of aliphatic hydroxyl groups is 1. The van der Waals surface area contributed by atoms with Crippen molar-refractivity contribution in [3.05, 3.63) is 35.9 Å². The van der Waals surface area contributed by atoms with E-state index in [9.17, 15) is 13.5 Å². The highest BCUT2D eigenvalue weighted by molar-refractivity contribution is 7.89. The molecule has 26 heavy (non-hydrogen) atoms. The van der Waals surface area contributed by atoms with E-state index in [2.05, 4.69) is 9.71 Å². The number of hydrogen-bond acceptors (Lipinski definition) is 7. The molecule has 4 atom stereocenters. The molecule has 0 unspecified atom stereocenters. The van der Waals surface area contributed by atoms with E-state index in [0.717, 1.165) is 0 Å². The molecule has 1 aromatic heterocycles. The molecule has 9 heteroatoms. The van der Waals surface area contributed by atoms with Crippen molar-refractivity contribution < 1.29 is 27.4 Å². The molecule has 0 bridgehead atoms. The van der Waals surface area contributed by atoms with Gasteiger partial charge in [0.15, 0.2) is 11.7 Å². The van der Waals surface area contributed by atoms with Gasteiger partial charge in [-0.25, -0.2) is 18.1 Å². The number of ether oxygens (including phenoxy) is 2. The zero-order chi connectivity index (χ0) is 18.5. The molecule has 2 aliphatic heterocycles. The Morgan fingerprint density at radius 3 is 2.69 bits per heavy atom. The molecule has 0 aliphatic carbocycles. The number of benzene rings is 1. The number of hydrogen-bond donors (Lipinski definition) is 2. The zero-order valence-corrected chi connectivity index (χ0v) is 15.2. The molecule has 0 radical (unpaired) electrons. The number of nitrogens with zero attached hydrogens (tertiary/aromatic N) is 1. The lowest BCUT2D eigenvalue weighted by atomic mass is 10.1. The van der Waals surface area contributed by atoms with Gasteiger partial charge in [0.25, 0.3) is 0 Å². The molecule has 0 amide bonds. The summed E-state index contributed by atoms with van der Waals surface area (Å²) in [5.74, 6) is 1.01. The number of oxazole rings is 1. The summed E-state index contributed by atoms with van der Waals surface area (Å²) >= 11 is 0. The Kier molecular flexibility index (Phi) is 4.36. The lowest BCUT2D eigenvalue weighted by Gasteiger charge is -2.18. The number of nitrogens with one attached hydrogen (secondary N) is 1. The summed E-state index contributed by atoms with van der Waals surface area (Å²) in [7, 11) is -3.81. The van der Waals surface area contributed by atoms with Gasteiger partial charge in [-0.1, -0.05) is 12.1 Å². The second kappa shape index (κ2) is 6.43. The van der Waals surface area contributed by atoms with Gasteiger partial charge in [0.2, 0.25) is 10.0 Å². The molecule has 0 spiro atoms. The fourth-order valence-corrected chi connectivity index (χ4v) is 4.88. The van der Waals surface area contributed by atoms with Crippen LogP contribution in [0.2, 0.25) is 0 Å². The number of fused-ring (bicyclic) bond motifs is 1. The standard InChI is InChI=1S/C17H20N2O6S/c1-9-3-4-11(14-6-18-10(2)25-14)5-15(9)26(21,22)19-12-7-23-17-13(20)8-24-16(12)17/h3-6,12-13,16-17,19-20H,7-8H2,1-2H3/t12-,13-,16-,17-/m1/s1. The molecule has 2 fully saturated rings. The first-order valence-corrected chi connectivity index (χ1v) is 9.80. The number of aryl methyl sites for hydroxylation is 2. The van der Waals surface area contributed by atoms with Crippen molar-refractivity contribution in [1.82, 2.24) is 9.71 Å². The third-order valence-electron chi connectivity index (χ3n) is 4.72. The maximum absolute atomic E-state index is 12.9. The first-order chi connectivity index (χ1) is 12.3. The lowest BCUT2D eigenvalue weighted by Crippen LogP contribution is -2.44. The highest BCUT2D eigenvalue weighted by Crippen LogP contribution is 2.30. The van der Waals surface area contributed by atoms with Crippen LogP contribution in [0.3, 0.4) is 0 Å². The van der Waals surface area contributed by atoms with Crippen LogP contribution in [0.1, 0.15) is 11.5 Å². The first kappa shape index (κ1) is 17.6. The SMILES string of the molecule is Cc1ncc(-c2ccc(C)c(S(=O)(=O)N[C@@H]3CO[C@H]4[C@@H]3OC[C@H]4O)c2)o1. The van der Waals surface area contributed by atoms with Crippen molar-refractivity contribution in [3.63, 3.8) is 0 Å². The van der Waals surface area contributed by atoms with E-state index in [4.69, 9.17) is 13.9 Å². The second-order valence-corrected chi connectivity index (χ2v) is 8.30. The molecule has 2 saturated heterocycles. The van der Waals surface area contributed by atoms with Crippen molar-refractivity contribution >= 4 is 10.0 Å². The molecule has 2 aliphatic rings. The first-order valence-electron chi connectivity index (χ1n) is 8.32. The summed E-state index contributed by atoms with van der Waals surface area (Å²) in [6.45, 7) is 3.76. The minimum absolute atomic E-state index is 0.146. The fourth-order valence-electron chi connectivity index (χ4n) is 3.38. The van der Waals surface area contributed by atoms with Crippen LogP contribution < -0.4 is 4.72 Å².